The third-order valence-corrected chi connectivity index (χ3v) is 2.26. The Morgan fingerprint density at radius 1 is 1.11 bits per heavy atom. The van der Waals surface area contributed by atoms with E-state index in [2.05, 4.69) is 9.72 Å². The molecule has 1 aromatic heterocycles. The maximum Gasteiger partial charge on any atom is 0.511 e. The molecule has 0 aliphatic carbocycles. The first kappa shape index (κ1) is 11.8. The molecule has 1 aromatic carbocycles. The van der Waals surface area contributed by atoms with E-state index < -0.39 is 6.16 Å². The summed E-state index contributed by atoms with van der Waals surface area (Å²) in [6.07, 6.45) is 1.18. The molecule has 5 heteroatoms. The van der Waals surface area contributed by atoms with Gasteiger partial charge in [0.1, 0.15) is 5.75 Å². The summed E-state index contributed by atoms with van der Waals surface area (Å²) >= 11 is 0. The molecule has 2 rings (SSSR count). The monoisotopic (exact) mass is 243 g/mol. The van der Waals surface area contributed by atoms with Crippen LogP contribution in [0.25, 0.3) is 0 Å². The van der Waals surface area contributed by atoms with Crippen LogP contribution in [0, 0.1) is 0 Å². The van der Waals surface area contributed by atoms with E-state index in [0.717, 1.165) is 0 Å². The molecular weight excluding hydrogens is 234 g/mol. The average molecular weight is 243 g/mol. The lowest BCUT2D eigenvalue weighted by atomic mass is 10.0. The van der Waals surface area contributed by atoms with Gasteiger partial charge in [0.15, 0.2) is 5.78 Å². The van der Waals surface area contributed by atoms with Crippen molar-refractivity contribution >= 4 is 11.9 Å². The summed E-state index contributed by atoms with van der Waals surface area (Å²) in [6, 6.07) is 9.85. The van der Waals surface area contributed by atoms with E-state index in [1.54, 1.807) is 30.3 Å². The third kappa shape index (κ3) is 2.52. The maximum absolute atomic E-state index is 12.1. The Labute approximate surface area is 103 Å². The van der Waals surface area contributed by atoms with E-state index in [9.17, 15) is 9.59 Å². The molecule has 0 atom stereocenters. The quantitative estimate of drug-likeness (QED) is 0.661. The van der Waals surface area contributed by atoms with Gasteiger partial charge in [0, 0.05) is 24.0 Å². The van der Waals surface area contributed by atoms with Gasteiger partial charge in [-0.2, -0.15) is 0 Å². The molecule has 0 spiro atoms. The maximum atomic E-state index is 12.1. The van der Waals surface area contributed by atoms with Gasteiger partial charge in [0.05, 0.1) is 5.56 Å². The number of carbonyl (C=O) groups excluding carboxylic acids is 1. The predicted molar refractivity (Wildman–Crippen MR) is 62.8 cm³/mol. The minimum atomic E-state index is -1.47. The van der Waals surface area contributed by atoms with Crippen LogP contribution in [-0.2, 0) is 0 Å². The third-order valence-electron chi connectivity index (χ3n) is 2.26. The van der Waals surface area contributed by atoms with Crippen LogP contribution in [0.5, 0.6) is 5.75 Å². The minimum Gasteiger partial charge on any atom is -0.449 e. The SMILES string of the molecule is O=C(O)Oc1ccncc1C(=O)c1ccccc1. The number of carbonyl (C=O) groups is 2. The number of pyridine rings is 1. The van der Waals surface area contributed by atoms with Crippen LogP contribution in [0.2, 0.25) is 0 Å². The summed E-state index contributed by atoms with van der Waals surface area (Å²) in [4.78, 5) is 26.5. The number of carboxylic acid groups (broad SMARTS) is 1. The first-order valence-corrected chi connectivity index (χ1v) is 5.13. The van der Waals surface area contributed by atoms with Gasteiger partial charge in [-0.25, -0.2) is 4.79 Å². The summed E-state index contributed by atoms with van der Waals surface area (Å²) in [5.74, 6) is -0.355. The van der Waals surface area contributed by atoms with E-state index in [4.69, 9.17) is 5.11 Å². The number of benzene rings is 1. The van der Waals surface area contributed by atoms with E-state index in [1.165, 1.54) is 18.5 Å². The van der Waals surface area contributed by atoms with Gasteiger partial charge in [-0.1, -0.05) is 30.3 Å². The van der Waals surface area contributed by atoms with Crippen LogP contribution < -0.4 is 4.74 Å². The molecule has 18 heavy (non-hydrogen) atoms. The lowest BCUT2D eigenvalue weighted by Gasteiger charge is -2.06. The number of ketones is 1. The van der Waals surface area contributed by atoms with Crippen molar-refractivity contribution in [1.82, 2.24) is 4.98 Å². The van der Waals surface area contributed by atoms with Crippen molar-refractivity contribution in [2.75, 3.05) is 0 Å². The molecule has 0 unspecified atom stereocenters. The highest BCUT2D eigenvalue weighted by atomic mass is 16.7. The molecule has 0 saturated heterocycles. The number of hydrogen-bond donors (Lipinski definition) is 1. The van der Waals surface area contributed by atoms with Crippen LogP contribution in [0.1, 0.15) is 15.9 Å². The van der Waals surface area contributed by atoms with Gasteiger partial charge < -0.3 is 9.84 Å². The highest BCUT2D eigenvalue weighted by Gasteiger charge is 2.16. The van der Waals surface area contributed by atoms with E-state index >= 15 is 0 Å². The number of rotatable bonds is 3. The summed E-state index contributed by atoms with van der Waals surface area (Å²) in [6.45, 7) is 0. The molecule has 0 radical (unpaired) electrons. The molecule has 0 fully saturated rings. The molecule has 1 N–H and O–H groups in total. The van der Waals surface area contributed by atoms with Crippen molar-refractivity contribution in [3.63, 3.8) is 0 Å². The van der Waals surface area contributed by atoms with Crippen molar-refractivity contribution in [1.29, 1.82) is 0 Å². The van der Waals surface area contributed by atoms with Gasteiger partial charge in [-0.15, -0.1) is 0 Å². The summed E-state index contributed by atoms with van der Waals surface area (Å²) in [5.41, 5.74) is 0.562. The van der Waals surface area contributed by atoms with Gasteiger partial charge in [-0.3, -0.25) is 9.78 Å². The van der Waals surface area contributed by atoms with Crippen LogP contribution in [0.4, 0.5) is 4.79 Å². The second kappa shape index (κ2) is 5.09. The normalized spacial score (nSPS) is 9.78. The molecule has 1 heterocycles. The standard InChI is InChI=1S/C13H9NO4/c15-12(9-4-2-1-3-5-9)10-8-14-7-6-11(10)18-13(16)17/h1-8H,(H,16,17). The number of hydrogen-bond acceptors (Lipinski definition) is 4. The molecule has 2 aromatic rings. The molecular formula is C13H9NO4. The number of nitrogens with zero attached hydrogens (tertiary/aromatic N) is 1. The zero-order valence-corrected chi connectivity index (χ0v) is 9.24. The molecule has 0 saturated carbocycles. The highest BCUT2D eigenvalue weighted by molar-refractivity contribution is 6.10. The fourth-order valence-electron chi connectivity index (χ4n) is 1.48. The van der Waals surface area contributed by atoms with Gasteiger partial charge in [-0.05, 0) is 0 Å². The van der Waals surface area contributed by atoms with Gasteiger partial charge in [0.2, 0.25) is 0 Å². The molecule has 0 aliphatic rings. The average Bonchev–Trinajstić information content (AvgIpc) is 2.39. The Kier molecular flexibility index (Phi) is 3.33. The Bertz CT molecular complexity index is 581. The van der Waals surface area contributed by atoms with Gasteiger partial charge in [0.25, 0.3) is 0 Å². The van der Waals surface area contributed by atoms with Gasteiger partial charge >= 0.3 is 6.16 Å². The van der Waals surface area contributed by atoms with Crippen molar-refractivity contribution < 1.29 is 19.4 Å². The first-order valence-electron chi connectivity index (χ1n) is 5.13. The van der Waals surface area contributed by atoms with E-state index in [0.29, 0.717) is 5.56 Å². The second-order valence-corrected chi connectivity index (χ2v) is 3.43. The van der Waals surface area contributed by atoms with Crippen LogP contribution in [0.3, 0.4) is 0 Å². The zero-order valence-electron chi connectivity index (χ0n) is 9.24. The lowest BCUT2D eigenvalue weighted by molar-refractivity contribution is 0.103. The topological polar surface area (TPSA) is 76.5 Å². The minimum absolute atomic E-state index is 0.0219. The van der Waals surface area contributed by atoms with Crippen LogP contribution in [-0.4, -0.2) is 22.0 Å². The second-order valence-electron chi connectivity index (χ2n) is 3.43. The fraction of sp³-hybridized carbons (Fsp3) is 0. The number of ether oxygens (including phenoxy) is 1. The Morgan fingerprint density at radius 2 is 1.83 bits per heavy atom. The molecule has 0 amide bonds. The van der Waals surface area contributed by atoms with Crippen LogP contribution in [0.15, 0.2) is 48.8 Å². The molecule has 5 nitrogen and oxygen atoms in total. The Hall–Kier alpha value is -2.69. The van der Waals surface area contributed by atoms with Crippen molar-refractivity contribution in [3.05, 3.63) is 59.9 Å². The summed E-state index contributed by atoms with van der Waals surface area (Å²) in [7, 11) is 0. The van der Waals surface area contributed by atoms with Crippen LogP contribution >= 0.6 is 0 Å². The largest absolute Gasteiger partial charge is 0.511 e. The Morgan fingerprint density at radius 3 is 2.50 bits per heavy atom. The highest BCUT2D eigenvalue weighted by Crippen LogP contribution is 2.20. The Balaban J connectivity index is 2.39. The van der Waals surface area contributed by atoms with Crippen molar-refractivity contribution in [2.45, 2.75) is 0 Å². The lowest BCUT2D eigenvalue weighted by Crippen LogP contribution is -2.09. The van der Waals surface area contributed by atoms with Crippen molar-refractivity contribution in [2.24, 2.45) is 0 Å². The molecule has 0 bridgehead atoms. The zero-order chi connectivity index (χ0) is 13.0. The summed E-state index contributed by atoms with van der Waals surface area (Å²) < 4.78 is 4.54. The first-order chi connectivity index (χ1) is 8.68. The molecule has 90 valence electrons. The molecule has 0 aliphatic heterocycles. The predicted octanol–water partition coefficient (Wildman–Crippen LogP) is 2.37. The summed E-state index contributed by atoms with van der Waals surface area (Å²) in [5, 5.41) is 8.59. The number of aromatic nitrogens is 1. The fourth-order valence-corrected chi connectivity index (χ4v) is 1.48. The smallest absolute Gasteiger partial charge is 0.449 e. The van der Waals surface area contributed by atoms with E-state index in [1.807, 2.05) is 0 Å². The van der Waals surface area contributed by atoms with Crippen molar-refractivity contribution in [3.8, 4) is 5.75 Å². The van der Waals surface area contributed by atoms with E-state index in [-0.39, 0.29) is 17.1 Å².